The van der Waals surface area contributed by atoms with E-state index in [-0.39, 0.29) is 6.61 Å². The lowest BCUT2D eigenvalue weighted by atomic mass is 9.96. The van der Waals surface area contributed by atoms with Gasteiger partial charge in [0.15, 0.2) is 0 Å². The molecule has 0 fully saturated rings. The molecule has 2 heteroatoms. The molecule has 1 unspecified atom stereocenters. The monoisotopic (exact) mass is 269 g/mol. The summed E-state index contributed by atoms with van der Waals surface area (Å²) >= 11 is 0. The molecule has 0 aliphatic carbocycles. The van der Waals surface area contributed by atoms with Gasteiger partial charge in [-0.05, 0) is 35.6 Å². The van der Waals surface area contributed by atoms with Crippen LogP contribution in [-0.4, -0.2) is 5.11 Å². The standard InChI is InChI=1S/C18H23NO/c1-14(2)11-18(16-8-4-3-5-9-16)19-17-10-6-7-15(12-17)13-20/h3-10,12,14,18-20H,11,13H2,1-2H3. The minimum Gasteiger partial charge on any atom is -0.392 e. The maximum atomic E-state index is 9.23. The summed E-state index contributed by atoms with van der Waals surface area (Å²) in [6.45, 7) is 4.55. The number of aliphatic hydroxyl groups excluding tert-OH is 1. The van der Waals surface area contributed by atoms with E-state index in [0.717, 1.165) is 17.7 Å². The van der Waals surface area contributed by atoms with Crippen molar-refractivity contribution in [2.75, 3.05) is 5.32 Å². The summed E-state index contributed by atoms with van der Waals surface area (Å²) in [5, 5.41) is 12.8. The summed E-state index contributed by atoms with van der Waals surface area (Å²) in [5.74, 6) is 0.619. The van der Waals surface area contributed by atoms with Crippen molar-refractivity contribution in [1.29, 1.82) is 0 Å². The lowest BCUT2D eigenvalue weighted by molar-refractivity contribution is 0.282. The molecule has 0 saturated carbocycles. The van der Waals surface area contributed by atoms with E-state index in [1.807, 2.05) is 24.3 Å². The average Bonchev–Trinajstić information content (AvgIpc) is 2.47. The third-order valence-electron chi connectivity index (χ3n) is 3.36. The lowest BCUT2D eigenvalue weighted by Crippen LogP contribution is -2.13. The van der Waals surface area contributed by atoms with Gasteiger partial charge in [0, 0.05) is 5.69 Å². The van der Waals surface area contributed by atoms with Crippen molar-refractivity contribution in [2.45, 2.75) is 32.9 Å². The molecule has 2 nitrogen and oxygen atoms in total. The van der Waals surface area contributed by atoms with Crippen molar-refractivity contribution in [3.05, 3.63) is 65.7 Å². The molecular formula is C18H23NO. The van der Waals surface area contributed by atoms with Crippen molar-refractivity contribution in [3.63, 3.8) is 0 Å². The Hall–Kier alpha value is -1.80. The lowest BCUT2D eigenvalue weighted by Gasteiger charge is -2.22. The van der Waals surface area contributed by atoms with Crippen LogP contribution in [0.25, 0.3) is 0 Å². The fourth-order valence-corrected chi connectivity index (χ4v) is 2.40. The molecule has 2 N–H and O–H groups in total. The summed E-state index contributed by atoms with van der Waals surface area (Å²) in [5.41, 5.74) is 3.30. The van der Waals surface area contributed by atoms with Gasteiger partial charge in [-0.3, -0.25) is 0 Å². The molecule has 2 aromatic carbocycles. The Labute approximate surface area is 121 Å². The highest BCUT2D eigenvalue weighted by atomic mass is 16.3. The van der Waals surface area contributed by atoms with E-state index in [4.69, 9.17) is 0 Å². The van der Waals surface area contributed by atoms with Gasteiger partial charge in [-0.15, -0.1) is 0 Å². The Morgan fingerprint density at radius 1 is 1.00 bits per heavy atom. The van der Waals surface area contributed by atoms with Gasteiger partial charge in [0.2, 0.25) is 0 Å². The summed E-state index contributed by atoms with van der Waals surface area (Å²) in [6.07, 6.45) is 1.08. The van der Waals surface area contributed by atoms with E-state index in [9.17, 15) is 5.11 Å². The summed E-state index contributed by atoms with van der Waals surface area (Å²) in [6, 6.07) is 18.8. The number of nitrogens with one attached hydrogen (secondary N) is 1. The smallest absolute Gasteiger partial charge is 0.0682 e. The van der Waals surface area contributed by atoms with Gasteiger partial charge in [-0.2, -0.15) is 0 Å². The van der Waals surface area contributed by atoms with E-state index < -0.39 is 0 Å². The van der Waals surface area contributed by atoms with Crippen molar-refractivity contribution in [3.8, 4) is 0 Å². The number of benzene rings is 2. The van der Waals surface area contributed by atoms with Crippen LogP contribution in [0.1, 0.15) is 37.4 Å². The van der Waals surface area contributed by atoms with Gasteiger partial charge in [0.05, 0.1) is 12.6 Å². The van der Waals surface area contributed by atoms with Crippen LogP contribution in [0.3, 0.4) is 0 Å². The molecule has 0 aliphatic rings. The fraction of sp³-hybridized carbons (Fsp3) is 0.333. The Bertz CT molecular complexity index is 522. The zero-order valence-electron chi connectivity index (χ0n) is 12.2. The van der Waals surface area contributed by atoms with Crippen LogP contribution in [0.2, 0.25) is 0 Å². The molecule has 1 atom stereocenters. The second kappa shape index (κ2) is 7.11. The minimum absolute atomic E-state index is 0.0791. The first-order valence-electron chi connectivity index (χ1n) is 7.20. The molecule has 0 saturated heterocycles. The highest BCUT2D eigenvalue weighted by Gasteiger charge is 2.13. The molecule has 0 heterocycles. The van der Waals surface area contributed by atoms with E-state index in [2.05, 4.69) is 49.5 Å². The van der Waals surface area contributed by atoms with Crippen molar-refractivity contribution in [2.24, 2.45) is 5.92 Å². The predicted molar refractivity (Wildman–Crippen MR) is 84.6 cm³/mol. The Kier molecular flexibility index (Phi) is 5.19. The first-order valence-corrected chi connectivity index (χ1v) is 7.20. The Morgan fingerprint density at radius 2 is 1.75 bits per heavy atom. The average molecular weight is 269 g/mol. The fourth-order valence-electron chi connectivity index (χ4n) is 2.40. The molecular weight excluding hydrogens is 246 g/mol. The van der Waals surface area contributed by atoms with Gasteiger partial charge in [-0.1, -0.05) is 56.3 Å². The Balaban J connectivity index is 2.19. The molecule has 0 amide bonds. The Morgan fingerprint density at radius 3 is 2.40 bits per heavy atom. The van der Waals surface area contributed by atoms with Crippen LogP contribution in [0, 0.1) is 5.92 Å². The van der Waals surface area contributed by atoms with Gasteiger partial charge in [-0.25, -0.2) is 0 Å². The van der Waals surface area contributed by atoms with Crippen LogP contribution >= 0.6 is 0 Å². The highest BCUT2D eigenvalue weighted by molar-refractivity contribution is 5.47. The minimum atomic E-state index is 0.0791. The van der Waals surface area contributed by atoms with Gasteiger partial charge in [0.1, 0.15) is 0 Å². The van der Waals surface area contributed by atoms with Crippen molar-refractivity contribution >= 4 is 5.69 Å². The molecule has 20 heavy (non-hydrogen) atoms. The van der Waals surface area contributed by atoms with Crippen LogP contribution in [0.4, 0.5) is 5.69 Å². The van der Waals surface area contributed by atoms with Crippen LogP contribution in [0.5, 0.6) is 0 Å². The summed E-state index contributed by atoms with van der Waals surface area (Å²) < 4.78 is 0. The molecule has 0 aliphatic heterocycles. The SMILES string of the molecule is CC(C)CC(Nc1cccc(CO)c1)c1ccccc1. The van der Waals surface area contributed by atoms with Gasteiger partial charge < -0.3 is 10.4 Å². The molecule has 0 aromatic heterocycles. The molecule has 0 bridgehead atoms. The largest absolute Gasteiger partial charge is 0.392 e. The maximum Gasteiger partial charge on any atom is 0.0682 e. The number of rotatable bonds is 6. The van der Waals surface area contributed by atoms with Crippen LogP contribution < -0.4 is 5.32 Å². The first-order chi connectivity index (χ1) is 9.69. The second-order valence-corrected chi connectivity index (χ2v) is 5.60. The van der Waals surface area contributed by atoms with E-state index in [1.54, 1.807) is 0 Å². The number of hydrogen-bond acceptors (Lipinski definition) is 2. The highest BCUT2D eigenvalue weighted by Crippen LogP contribution is 2.26. The normalized spacial score (nSPS) is 12.4. The number of anilines is 1. The zero-order chi connectivity index (χ0) is 14.4. The summed E-state index contributed by atoms with van der Waals surface area (Å²) in [4.78, 5) is 0. The number of aliphatic hydroxyl groups is 1. The first kappa shape index (κ1) is 14.6. The van der Waals surface area contributed by atoms with Crippen LogP contribution in [-0.2, 0) is 6.61 Å². The van der Waals surface area contributed by atoms with E-state index >= 15 is 0 Å². The summed E-state index contributed by atoms with van der Waals surface area (Å²) in [7, 11) is 0. The van der Waals surface area contributed by atoms with Crippen molar-refractivity contribution < 1.29 is 5.11 Å². The van der Waals surface area contributed by atoms with Crippen LogP contribution in [0.15, 0.2) is 54.6 Å². The van der Waals surface area contributed by atoms with E-state index in [0.29, 0.717) is 12.0 Å². The quantitative estimate of drug-likeness (QED) is 0.815. The van der Waals surface area contributed by atoms with E-state index in [1.165, 1.54) is 5.56 Å². The second-order valence-electron chi connectivity index (χ2n) is 5.60. The van der Waals surface area contributed by atoms with Gasteiger partial charge >= 0.3 is 0 Å². The third-order valence-corrected chi connectivity index (χ3v) is 3.36. The molecule has 0 radical (unpaired) electrons. The molecule has 2 aromatic rings. The number of hydrogen-bond donors (Lipinski definition) is 2. The molecule has 106 valence electrons. The van der Waals surface area contributed by atoms with Crippen molar-refractivity contribution in [1.82, 2.24) is 0 Å². The van der Waals surface area contributed by atoms with Gasteiger partial charge in [0.25, 0.3) is 0 Å². The third kappa shape index (κ3) is 4.10. The topological polar surface area (TPSA) is 32.3 Å². The predicted octanol–water partition coefficient (Wildman–Crippen LogP) is 4.38. The molecule has 0 spiro atoms. The zero-order valence-corrected chi connectivity index (χ0v) is 12.2. The maximum absolute atomic E-state index is 9.23. The molecule has 2 rings (SSSR count).